The zero-order valence-electron chi connectivity index (χ0n) is 38.5. The van der Waals surface area contributed by atoms with E-state index in [9.17, 15) is 0 Å². The van der Waals surface area contributed by atoms with E-state index in [2.05, 4.69) is 289 Å². The fraction of sp³-hybridized carbons (Fsp3) is 0. The molecule has 0 aliphatic carbocycles. The zero-order valence-corrected chi connectivity index (χ0v) is 38.5. The Balaban J connectivity index is 0.947. The normalized spacial score (nSPS) is 11.0. The molecule has 328 valence electrons. The van der Waals surface area contributed by atoms with E-state index >= 15 is 0 Å². The largest absolute Gasteiger partial charge is 0.310 e. The summed E-state index contributed by atoms with van der Waals surface area (Å²) < 4.78 is 0. The summed E-state index contributed by atoms with van der Waals surface area (Å²) in [6.07, 6.45) is 0. The van der Waals surface area contributed by atoms with Crippen molar-refractivity contribution in [3.63, 3.8) is 0 Å². The third kappa shape index (κ3) is 8.23. The molecule has 0 spiro atoms. The molecule has 12 rings (SSSR count). The van der Waals surface area contributed by atoms with Gasteiger partial charge in [0.25, 0.3) is 0 Å². The maximum atomic E-state index is 3.18. The van der Waals surface area contributed by atoms with Gasteiger partial charge < -0.3 is 9.80 Å². The van der Waals surface area contributed by atoms with Crippen molar-refractivity contribution >= 4 is 55.7 Å². The first-order valence-corrected chi connectivity index (χ1v) is 23.8. The highest BCUT2D eigenvalue weighted by Crippen LogP contribution is 2.44. The third-order valence-electron chi connectivity index (χ3n) is 13.4. The molecule has 0 N–H and O–H groups in total. The van der Waals surface area contributed by atoms with Crippen LogP contribution in [0.15, 0.2) is 279 Å². The second-order valence-electron chi connectivity index (χ2n) is 17.6. The van der Waals surface area contributed by atoms with Crippen molar-refractivity contribution in [2.24, 2.45) is 0 Å². The van der Waals surface area contributed by atoms with Crippen molar-refractivity contribution in [2.75, 3.05) is 9.80 Å². The van der Waals surface area contributed by atoms with Crippen LogP contribution in [0.25, 0.3) is 77.2 Å². The Morgan fingerprint density at radius 1 is 0.229 bits per heavy atom. The summed E-state index contributed by atoms with van der Waals surface area (Å²) in [7, 11) is 0. The van der Waals surface area contributed by atoms with Gasteiger partial charge in [-0.2, -0.15) is 0 Å². The molecule has 2 heteroatoms. The first-order chi connectivity index (χ1) is 34.7. The Kier molecular flexibility index (Phi) is 11.2. The first-order valence-electron chi connectivity index (χ1n) is 23.8. The summed E-state index contributed by atoms with van der Waals surface area (Å²) in [4.78, 5) is 4.66. The zero-order chi connectivity index (χ0) is 46.6. The second kappa shape index (κ2) is 18.7. The molecule has 0 bridgehead atoms. The molecular weight excluding hydrogens is 845 g/mol. The van der Waals surface area contributed by atoms with Crippen LogP contribution in [-0.4, -0.2) is 0 Å². The molecular formula is C68H46N2. The van der Waals surface area contributed by atoms with E-state index in [0.29, 0.717) is 0 Å². The van der Waals surface area contributed by atoms with Gasteiger partial charge in [-0.25, -0.2) is 0 Å². The van der Waals surface area contributed by atoms with Gasteiger partial charge in [-0.05, 0) is 150 Å². The molecule has 0 aliphatic heterocycles. The van der Waals surface area contributed by atoms with Gasteiger partial charge in [0.05, 0.1) is 5.69 Å². The van der Waals surface area contributed by atoms with Crippen molar-refractivity contribution in [3.05, 3.63) is 291 Å². The summed E-state index contributed by atoms with van der Waals surface area (Å²) in [6.45, 7) is 0. The number of hydrogen-bond donors (Lipinski definition) is 0. The highest BCUT2D eigenvalue weighted by atomic mass is 15.1. The van der Waals surface area contributed by atoms with E-state index in [4.69, 9.17) is 0 Å². The SMILES string of the molecule is c1ccc(N(c2ccc(-c3ccccc3)cc2)c2ccc(-c3ccc(N(c4ccc(-c5cccc6ccccc56)cc4)c4ccc(-c5cccc6ccccc56)cc4)cc3-c3ccccc3)cc2)cc#1. The molecule has 0 atom stereocenters. The average Bonchev–Trinajstić information content (AvgIpc) is 3.44. The van der Waals surface area contributed by atoms with Crippen LogP contribution in [0.3, 0.4) is 0 Å². The van der Waals surface area contributed by atoms with Crippen LogP contribution in [0, 0.1) is 12.1 Å². The van der Waals surface area contributed by atoms with Gasteiger partial charge in [0.15, 0.2) is 0 Å². The lowest BCUT2D eigenvalue weighted by atomic mass is 9.93. The molecule has 0 aromatic heterocycles. The van der Waals surface area contributed by atoms with E-state index in [1.165, 1.54) is 54.9 Å². The predicted molar refractivity (Wildman–Crippen MR) is 296 cm³/mol. The van der Waals surface area contributed by atoms with Crippen LogP contribution in [0.2, 0.25) is 0 Å². The van der Waals surface area contributed by atoms with Crippen LogP contribution in [0.1, 0.15) is 0 Å². The third-order valence-corrected chi connectivity index (χ3v) is 13.4. The second-order valence-corrected chi connectivity index (χ2v) is 17.6. The Morgan fingerprint density at radius 3 is 1.11 bits per heavy atom. The van der Waals surface area contributed by atoms with Crippen LogP contribution in [0.5, 0.6) is 0 Å². The fourth-order valence-corrected chi connectivity index (χ4v) is 9.91. The number of rotatable bonds is 11. The Bertz CT molecular complexity index is 3580. The monoisotopic (exact) mass is 890 g/mol. The lowest BCUT2D eigenvalue weighted by Crippen LogP contribution is -2.10. The van der Waals surface area contributed by atoms with Gasteiger partial charge in [-0.15, -0.1) is 0 Å². The maximum Gasteiger partial charge on any atom is 0.0551 e. The minimum atomic E-state index is 1.02. The Morgan fingerprint density at radius 2 is 0.614 bits per heavy atom. The number of fused-ring (bicyclic) bond motifs is 2. The van der Waals surface area contributed by atoms with Crippen molar-refractivity contribution in [1.82, 2.24) is 0 Å². The molecule has 0 radical (unpaired) electrons. The fourth-order valence-electron chi connectivity index (χ4n) is 9.91. The van der Waals surface area contributed by atoms with Crippen molar-refractivity contribution in [1.29, 1.82) is 0 Å². The van der Waals surface area contributed by atoms with Gasteiger partial charge in [-0.3, -0.25) is 0 Å². The van der Waals surface area contributed by atoms with E-state index in [1.807, 2.05) is 12.1 Å². The van der Waals surface area contributed by atoms with Crippen LogP contribution >= 0.6 is 0 Å². The Labute approximate surface area is 410 Å². The minimum Gasteiger partial charge on any atom is -0.310 e. The van der Waals surface area contributed by atoms with Crippen molar-refractivity contribution in [2.45, 2.75) is 0 Å². The highest BCUT2D eigenvalue weighted by Gasteiger charge is 2.19. The lowest BCUT2D eigenvalue weighted by molar-refractivity contribution is 1.28. The van der Waals surface area contributed by atoms with Crippen LogP contribution in [0.4, 0.5) is 34.1 Å². The van der Waals surface area contributed by atoms with Gasteiger partial charge in [-0.1, -0.05) is 212 Å². The average molecular weight is 891 g/mol. The molecule has 0 fully saturated rings. The molecule has 0 aliphatic rings. The maximum absolute atomic E-state index is 3.18. The molecule has 0 unspecified atom stereocenters. The molecule has 12 aromatic carbocycles. The minimum absolute atomic E-state index is 1.02. The number of anilines is 6. The van der Waals surface area contributed by atoms with Gasteiger partial charge in [0.1, 0.15) is 0 Å². The van der Waals surface area contributed by atoms with Crippen LogP contribution < -0.4 is 9.80 Å². The van der Waals surface area contributed by atoms with Crippen molar-refractivity contribution < 1.29 is 0 Å². The molecule has 70 heavy (non-hydrogen) atoms. The van der Waals surface area contributed by atoms with Crippen molar-refractivity contribution in [3.8, 4) is 55.6 Å². The van der Waals surface area contributed by atoms with E-state index in [0.717, 1.165) is 56.4 Å². The van der Waals surface area contributed by atoms with E-state index < -0.39 is 0 Å². The predicted octanol–water partition coefficient (Wildman–Crippen LogP) is 18.9. The van der Waals surface area contributed by atoms with E-state index in [-0.39, 0.29) is 0 Å². The standard InChI is InChI=1S/C68H46N2/c1-4-16-49(17-5-1)50-30-38-58(39-31-50)69(57-24-8-3-9-25-57)59-40-36-56(37-41-59)67-47-46-62(48-68(67)53-18-6-2-7-19-53)70(60-42-32-54(33-43-60)65-28-14-22-51-20-10-12-26-63(51)65)61-44-34-55(35-45-61)66-29-15-23-52-21-11-13-27-64(52)66/h1-2,4-8,10-48H. The van der Waals surface area contributed by atoms with Gasteiger partial charge in [0.2, 0.25) is 0 Å². The molecule has 0 saturated heterocycles. The number of hydrogen-bond acceptors (Lipinski definition) is 2. The summed E-state index contributed by atoms with van der Waals surface area (Å²) in [5.74, 6) is 0. The topological polar surface area (TPSA) is 6.48 Å². The number of benzene rings is 11. The summed E-state index contributed by atoms with van der Waals surface area (Å²) in [5.41, 5.74) is 18.1. The first kappa shape index (κ1) is 42.0. The molecule has 12 aromatic rings. The molecule has 0 heterocycles. The summed E-state index contributed by atoms with van der Waals surface area (Å²) >= 11 is 0. The molecule has 2 nitrogen and oxygen atoms in total. The molecule has 0 saturated carbocycles. The summed E-state index contributed by atoms with van der Waals surface area (Å²) in [5, 5.41) is 4.97. The summed E-state index contributed by atoms with van der Waals surface area (Å²) in [6, 6.07) is 107. The highest BCUT2D eigenvalue weighted by molar-refractivity contribution is 5.99. The number of nitrogens with zero attached hydrogens (tertiary/aromatic N) is 2. The van der Waals surface area contributed by atoms with E-state index in [1.54, 1.807) is 0 Å². The van der Waals surface area contributed by atoms with Crippen LogP contribution in [-0.2, 0) is 0 Å². The molecule has 0 amide bonds. The van der Waals surface area contributed by atoms with Gasteiger partial charge >= 0.3 is 0 Å². The lowest BCUT2D eigenvalue weighted by Gasteiger charge is -2.27. The quantitative estimate of drug-likeness (QED) is 0.128. The van der Waals surface area contributed by atoms with Gasteiger partial charge in [0, 0.05) is 34.5 Å². The Hall–Kier alpha value is -9.42. The smallest absolute Gasteiger partial charge is 0.0551 e.